The van der Waals surface area contributed by atoms with Crippen molar-refractivity contribution in [3.8, 4) is 45.0 Å². The van der Waals surface area contributed by atoms with Gasteiger partial charge in [-0.3, -0.25) is 0 Å². The van der Waals surface area contributed by atoms with Gasteiger partial charge in [-0.15, -0.1) is 0 Å². The van der Waals surface area contributed by atoms with Crippen LogP contribution in [0, 0.1) is 0 Å². The normalized spacial score (nSPS) is 14.3. The second kappa shape index (κ2) is 12.2. The smallest absolute Gasteiger partial charge is 0.164 e. The van der Waals surface area contributed by atoms with Gasteiger partial charge in [-0.25, -0.2) is 15.0 Å². The highest BCUT2D eigenvalue weighted by Crippen LogP contribution is 2.43. The summed E-state index contributed by atoms with van der Waals surface area (Å²) < 4.78 is 12.8. The van der Waals surface area contributed by atoms with Gasteiger partial charge in [-0.1, -0.05) is 133 Å². The molecule has 10 aromatic rings. The maximum Gasteiger partial charge on any atom is 0.164 e. The van der Waals surface area contributed by atoms with Crippen molar-refractivity contribution >= 4 is 54.6 Å². The van der Waals surface area contributed by atoms with Gasteiger partial charge in [0.05, 0.1) is 0 Å². The van der Waals surface area contributed by atoms with Crippen molar-refractivity contribution in [3.05, 3.63) is 176 Å². The minimum Gasteiger partial charge on any atom is -0.456 e. The van der Waals surface area contributed by atoms with Crippen LogP contribution >= 0.6 is 0 Å². The Hall–Kier alpha value is -7.11. The van der Waals surface area contributed by atoms with Crippen LogP contribution in [0.5, 0.6) is 0 Å². The summed E-state index contributed by atoms with van der Waals surface area (Å²) in [5, 5.41) is 6.43. The predicted molar refractivity (Wildman–Crippen MR) is 219 cm³/mol. The number of para-hydroxylation sites is 1. The summed E-state index contributed by atoms with van der Waals surface area (Å²) in [5.74, 6) is 2.06. The summed E-state index contributed by atoms with van der Waals surface area (Å²) in [5.41, 5.74) is 9.81. The van der Waals surface area contributed by atoms with Crippen LogP contribution < -0.4 is 0 Å². The van der Waals surface area contributed by atoms with E-state index in [0.29, 0.717) is 11.6 Å². The van der Waals surface area contributed by atoms with Crippen molar-refractivity contribution in [1.82, 2.24) is 15.0 Å². The van der Waals surface area contributed by atoms with E-state index in [1.807, 2.05) is 36.4 Å². The molecule has 0 saturated heterocycles. The number of benzene rings is 7. The molecule has 1 aliphatic rings. The van der Waals surface area contributed by atoms with Crippen LogP contribution in [0.2, 0.25) is 0 Å². The van der Waals surface area contributed by atoms with Gasteiger partial charge < -0.3 is 8.83 Å². The van der Waals surface area contributed by atoms with E-state index >= 15 is 0 Å². The van der Waals surface area contributed by atoms with Gasteiger partial charge in [0.2, 0.25) is 0 Å². The molecule has 0 N–H and O–H groups in total. The highest BCUT2D eigenvalue weighted by atomic mass is 16.3. The van der Waals surface area contributed by atoms with E-state index in [9.17, 15) is 0 Å². The molecule has 0 radical (unpaired) electrons. The molecule has 11 rings (SSSR count). The molecule has 5 heteroatoms. The summed E-state index contributed by atoms with van der Waals surface area (Å²) in [6.07, 6.45) is 9.33. The van der Waals surface area contributed by atoms with E-state index in [1.54, 1.807) is 0 Å². The SMILES string of the molecule is C1=CCC(c2nc(-c3ccc(-c4cccc5oc6cc(-c7ccccc7)ccc6c45)c4ccccc34)nc(-c3cccc4oc5ccccc5c34)n2)C=C1. The molecular formula is C49H31N3O2. The zero-order chi connectivity index (χ0) is 35.6. The third kappa shape index (κ3) is 4.90. The number of furan rings is 2. The second-order valence-electron chi connectivity index (χ2n) is 13.8. The third-order valence-corrected chi connectivity index (χ3v) is 10.7. The standard InChI is InChI=1S/C49H31N3O2/c1-3-13-30(14-4-1)32-25-26-39-44(29-32)54-42-23-11-20-36(45(39)42)35-27-28-37(34-18-8-7-17-33(34)35)48-50-47(31-15-5-2-6-16-31)51-49(52-48)40-21-12-24-43-46(40)38-19-9-10-22-41(38)53-43/h1-15,17-29,31H,16H2. The molecule has 1 unspecified atom stereocenters. The topological polar surface area (TPSA) is 65.0 Å². The monoisotopic (exact) mass is 693 g/mol. The van der Waals surface area contributed by atoms with Crippen molar-refractivity contribution in [3.63, 3.8) is 0 Å². The third-order valence-electron chi connectivity index (χ3n) is 10.7. The molecule has 5 nitrogen and oxygen atoms in total. The lowest BCUT2D eigenvalue weighted by Gasteiger charge is -2.16. The van der Waals surface area contributed by atoms with Crippen LogP contribution in [0.15, 0.2) is 179 Å². The molecule has 0 fully saturated rings. The maximum absolute atomic E-state index is 6.52. The van der Waals surface area contributed by atoms with Crippen molar-refractivity contribution in [2.45, 2.75) is 12.3 Å². The number of nitrogens with zero attached hydrogens (tertiary/aromatic N) is 3. The minimum absolute atomic E-state index is 0.0377. The van der Waals surface area contributed by atoms with Crippen molar-refractivity contribution in [1.29, 1.82) is 0 Å². The zero-order valence-corrected chi connectivity index (χ0v) is 29.1. The maximum atomic E-state index is 6.52. The molecule has 3 aromatic heterocycles. The first-order valence-electron chi connectivity index (χ1n) is 18.3. The molecule has 0 bridgehead atoms. The van der Waals surface area contributed by atoms with Crippen LogP contribution in [0.4, 0.5) is 0 Å². The lowest BCUT2D eigenvalue weighted by atomic mass is 9.92. The van der Waals surface area contributed by atoms with Crippen molar-refractivity contribution in [2.75, 3.05) is 0 Å². The average Bonchev–Trinajstić information content (AvgIpc) is 3.82. The van der Waals surface area contributed by atoms with Crippen LogP contribution in [0.1, 0.15) is 18.2 Å². The van der Waals surface area contributed by atoms with E-state index in [4.69, 9.17) is 23.8 Å². The lowest BCUT2D eigenvalue weighted by molar-refractivity contribution is 0.668. The largest absolute Gasteiger partial charge is 0.456 e. The summed E-state index contributed by atoms with van der Waals surface area (Å²) in [6.45, 7) is 0. The summed E-state index contributed by atoms with van der Waals surface area (Å²) in [6, 6.07) is 50.5. The molecule has 1 atom stereocenters. The molecule has 0 amide bonds. The zero-order valence-electron chi connectivity index (χ0n) is 29.1. The summed E-state index contributed by atoms with van der Waals surface area (Å²) >= 11 is 0. The van der Waals surface area contributed by atoms with Gasteiger partial charge in [0.25, 0.3) is 0 Å². The first-order chi connectivity index (χ1) is 26.8. The van der Waals surface area contributed by atoms with E-state index in [-0.39, 0.29) is 5.92 Å². The van der Waals surface area contributed by atoms with Gasteiger partial charge in [0.1, 0.15) is 28.2 Å². The molecular weight excluding hydrogens is 663 g/mol. The Morgan fingerprint density at radius 3 is 1.85 bits per heavy atom. The Morgan fingerprint density at radius 1 is 0.426 bits per heavy atom. The minimum atomic E-state index is 0.0377. The van der Waals surface area contributed by atoms with Gasteiger partial charge >= 0.3 is 0 Å². The van der Waals surface area contributed by atoms with Crippen molar-refractivity contribution < 1.29 is 8.83 Å². The molecule has 254 valence electrons. The Balaban J connectivity index is 1.11. The quantitative estimate of drug-likeness (QED) is 0.179. The fourth-order valence-corrected chi connectivity index (χ4v) is 8.12. The molecule has 0 saturated carbocycles. The molecule has 3 heterocycles. The number of rotatable bonds is 5. The van der Waals surface area contributed by atoms with Crippen LogP contribution in [0.25, 0.3) is 99.7 Å². The van der Waals surface area contributed by atoms with Gasteiger partial charge in [-0.05, 0) is 75.8 Å². The van der Waals surface area contributed by atoms with Crippen LogP contribution in [-0.2, 0) is 0 Å². The van der Waals surface area contributed by atoms with E-state index < -0.39 is 0 Å². The Kier molecular flexibility index (Phi) is 6.92. The van der Waals surface area contributed by atoms with E-state index in [0.717, 1.165) is 100 Å². The number of hydrogen-bond acceptors (Lipinski definition) is 5. The highest BCUT2D eigenvalue weighted by Gasteiger charge is 2.22. The average molecular weight is 694 g/mol. The van der Waals surface area contributed by atoms with E-state index in [1.165, 1.54) is 0 Å². The molecule has 0 spiro atoms. The summed E-state index contributed by atoms with van der Waals surface area (Å²) in [7, 11) is 0. The van der Waals surface area contributed by atoms with Crippen molar-refractivity contribution in [2.24, 2.45) is 0 Å². The fourth-order valence-electron chi connectivity index (χ4n) is 8.12. The highest BCUT2D eigenvalue weighted by molar-refractivity contribution is 6.17. The predicted octanol–water partition coefficient (Wildman–Crippen LogP) is 13.1. The first kappa shape index (κ1) is 30.5. The Morgan fingerprint density at radius 2 is 1.06 bits per heavy atom. The van der Waals surface area contributed by atoms with E-state index in [2.05, 4.69) is 133 Å². The molecule has 54 heavy (non-hydrogen) atoms. The number of aromatic nitrogens is 3. The number of fused-ring (bicyclic) bond motifs is 7. The Labute approximate surface area is 310 Å². The molecule has 1 aliphatic carbocycles. The fraction of sp³-hybridized carbons (Fsp3) is 0.0408. The van der Waals surface area contributed by atoms with Gasteiger partial charge in [0, 0.05) is 38.6 Å². The number of allylic oxidation sites excluding steroid dienone is 4. The second-order valence-corrected chi connectivity index (χ2v) is 13.8. The van der Waals surface area contributed by atoms with Gasteiger partial charge in [-0.2, -0.15) is 0 Å². The van der Waals surface area contributed by atoms with Gasteiger partial charge in [0.15, 0.2) is 11.6 Å². The first-order valence-corrected chi connectivity index (χ1v) is 18.3. The Bertz CT molecular complexity index is 3150. The van der Waals surface area contributed by atoms with Crippen LogP contribution in [-0.4, -0.2) is 15.0 Å². The lowest BCUT2D eigenvalue weighted by Crippen LogP contribution is -2.08. The molecule has 0 aliphatic heterocycles. The summed E-state index contributed by atoms with van der Waals surface area (Å²) in [4.78, 5) is 15.6. The number of hydrogen-bond donors (Lipinski definition) is 0. The van der Waals surface area contributed by atoms with Crippen LogP contribution in [0.3, 0.4) is 0 Å². The molecule has 7 aromatic carbocycles.